The van der Waals surface area contributed by atoms with Gasteiger partial charge in [-0.05, 0) is 36.1 Å². The Labute approximate surface area is 131 Å². The molecule has 3 nitrogen and oxygen atoms in total. The Hall–Kier alpha value is -1.84. The van der Waals surface area contributed by atoms with Crippen LogP contribution in [0.3, 0.4) is 0 Å². The minimum Gasteiger partial charge on any atom is -0.508 e. The molecular weight excluding hydrogens is 276 g/mol. The third kappa shape index (κ3) is 3.49. The second-order valence-corrected chi connectivity index (χ2v) is 5.94. The second-order valence-electron chi connectivity index (χ2n) is 5.94. The lowest BCUT2D eigenvalue weighted by molar-refractivity contribution is -0.381. The standard InChI is InChI=1S/C19H22O3/c20-18-11-7-8-16(14-18)15-21-22-19(12-5-2-6-13-19)17-9-3-1-4-10-17/h1,3-4,7-11,14,20H,2,5-6,12-13,15H2. The van der Waals surface area contributed by atoms with Crippen molar-refractivity contribution in [3.05, 3.63) is 65.7 Å². The molecule has 0 bridgehead atoms. The monoisotopic (exact) mass is 298 g/mol. The maximum atomic E-state index is 9.49. The Balaban J connectivity index is 1.68. The lowest BCUT2D eigenvalue weighted by Crippen LogP contribution is -2.32. The summed E-state index contributed by atoms with van der Waals surface area (Å²) >= 11 is 0. The summed E-state index contributed by atoms with van der Waals surface area (Å²) in [6, 6.07) is 17.4. The molecule has 0 aliphatic heterocycles. The first-order valence-corrected chi connectivity index (χ1v) is 7.93. The van der Waals surface area contributed by atoms with Gasteiger partial charge in [-0.15, -0.1) is 0 Å². The van der Waals surface area contributed by atoms with E-state index in [4.69, 9.17) is 9.78 Å². The molecule has 0 amide bonds. The van der Waals surface area contributed by atoms with Crippen molar-refractivity contribution in [2.45, 2.75) is 44.3 Å². The molecule has 0 saturated heterocycles. The fourth-order valence-electron chi connectivity index (χ4n) is 3.14. The van der Waals surface area contributed by atoms with Crippen LogP contribution >= 0.6 is 0 Å². The number of hydrogen-bond acceptors (Lipinski definition) is 3. The average Bonchev–Trinajstić information content (AvgIpc) is 2.57. The Morgan fingerprint density at radius 1 is 0.909 bits per heavy atom. The van der Waals surface area contributed by atoms with Gasteiger partial charge in [0.2, 0.25) is 0 Å². The van der Waals surface area contributed by atoms with Crippen molar-refractivity contribution in [3.63, 3.8) is 0 Å². The van der Waals surface area contributed by atoms with Gasteiger partial charge in [0.15, 0.2) is 0 Å². The summed E-state index contributed by atoms with van der Waals surface area (Å²) in [7, 11) is 0. The number of rotatable bonds is 5. The summed E-state index contributed by atoms with van der Waals surface area (Å²) in [6.07, 6.45) is 5.54. The Morgan fingerprint density at radius 2 is 1.68 bits per heavy atom. The maximum Gasteiger partial charge on any atom is 0.128 e. The van der Waals surface area contributed by atoms with Crippen LogP contribution in [0.25, 0.3) is 0 Å². The van der Waals surface area contributed by atoms with Crippen molar-refractivity contribution in [2.24, 2.45) is 0 Å². The van der Waals surface area contributed by atoms with Crippen LogP contribution in [0, 0.1) is 0 Å². The van der Waals surface area contributed by atoms with Gasteiger partial charge in [-0.25, -0.2) is 9.78 Å². The molecule has 1 fully saturated rings. The third-order valence-electron chi connectivity index (χ3n) is 4.32. The van der Waals surface area contributed by atoms with Crippen LogP contribution in [0.15, 0.2) is 54.6 Å². The highest BCUT2D eigenvalue weighted by atomic mass is 17.2. The Morgan fingerprint density at radius 3 is 2.41 bits per heavy atom. The average molecular weight is 298 g/mol. The van der Waals surface area contributed by atoms with E-state index >= 15 is 0 Å². The maximum absolute atomic E-state index is 9.49. The lowest BCUT2D eigenvalue weighted by atomic mass is 9.80. The minimum atomic E-state index is -0.337. The molecule has 1 N–H and O–H groups in total. The molecule has 2 aromatic carbocycles. The Bertz CT molecular complexity index is 589. The van der Waals surface area contributed by atoms with Crippen LogP contribution in [-0.2, 0) is 22.0 Å². The first kappa shape index (κ1) is 15.1. The molecule has 0 unspecified atom stereocenters. The molecule has 0 spiro atoms. The van der Waals surface area contributed by atoms with Gasteiger partial charge >= 0.3 is 0 Å². The van der Waals surface area contributed by atoms with Gasteiger partial charge in [0.1, 0.15) is 18.0 Å². The van der Waals surface area contributed by atoms with Crippen molar-refractivity contribution in [1.82, 2.24) is 0 Å². The van der Waals surface area contributed by atoms with Crippen LogP contribution in [0.1, 0.15) is 43.2 Å². The summed E-state index contributed by atoms with van der Waals surface area (Å²) < 4.78 is 0. The molecule has 3 rings (SSSR count). The van der Waals surface area contributed by atoms with Crippen LogP contribution in [0.2, 0.25) is 0 Å². The molecule has 116 valence electrons. The van der Waals surface area contributed by atoms with Crippen molar-refractivity contribution in [3.8, 4) is 5.75 Å². The molecule has 0 aromatic heterocycles. The van der Waals surface area contributed by atoms with Crippen molar-refractivity contribution in [2.75, 3.05) is 0 Å². The van der Waals surface area contributed by atoms with E-state index in [1.54, 1.807) is 12.1 Å². The highest BCUT2D eigenvalue weighted by Crippen LogP contribution is 2.40. The first-order valence-electron chi connectivity index (χ1n) is 7.93. The quantitative estimate of drug-likeness (QED) is 0.642. The van der Waals surface area contributed by atoms with Gasteiger partial charge in [0, 0.05) is 0 Å². The van der Waals surface area contributed by atoms with E-state index in [9.17, 15) is 5.11 Å². The number of phenolic OH excluding ortho intramolecular Hbond substituents is 1. The van der Waals surface area contributed by atoms with Crippen molar-refractivity contribution in [1.29, 1.82) is 0 Å². The zero-order chi connectivity index (χ0) is 15.3. The van der Waals surface area contributed by atoms with Crippen LogP contribution < -0.4 is 0 Å². The summed E-state index contributed by atoms with van der Waals surface area (Å²) in [5.74, 6) is 0.247. The van der Waals surface area contributed by atoms with Crippen LogP contribution in [-0.4, -0.2) is 5.11 Å². The highest BCUT2D eigenvalue weighted by Gasteiger charge is 2.36. The van der Waals surface area contributed by atoms with Gasteiger partial charge in [-0.1, -0.05) is 61.7 Å². The highest BCUT2D eigenvalue weighted by molar-refractivity contribution is 5.26. The van der Waals surface area contributed by atoms with Crippen molar-refractivity contribution < 1.29 is 14.9 Å². The SMILES string of the molecule is Oc1cccc(COOC2(c3ccccc3)CCCCC2)c1. The summed E-state index contributed by atoms with van der Waals surface area (Å²) in [6.45, 7) is 0.336. The zero-order valence-electron chi connectivity index (χ0n) is 12.7. The molecule has 22 heavy (non-hydrogen) atoms. The smallest absolute Gasteiger partial charge is 0.128 e. The lowest BCUT2D eigenvalue weighted by Gasteiger charge is -2.36. The van der Waals surface area contributed by atoms with E-state index in [2.05, 4.69) is 12.1 Å². The molecule has 1 aliphatic carbocycles. The summed E-state index contributed by atoms with van der Waals surface area (Å²) in [4.78, 5) is 11.5. The third-order valence-corrected chi connectivity index (χ3v) is 4.32. The van der Waals surface area contributed by atoms with E-state index in [-0.39, 0.29) is 11.4 Å². The molecule has 3 heteroatoms. The number of benzene rings is 2. The predicted molar refractivity (Wildman–Crippen MR) is 85.2 cm³/mol. The number of phenols is 1. The van der Waals surface area contributed by atoms with Gasteiger partial charge in [-0.3, -0.25) is 0 Å². The molecule has 1 aliphatic rings. The van der Waals surface area contributed by atoms with Crippen LogP contribution in [0.5, 0.6) is 5.75 Å². The molecule has 2 aromatic rings. The van der Waals surface area contributed by atoms with Crippen molar-refractivity contribution >= 4 is 0 Å². The van der Waals surface area contributed by atoms with E-state index < -0.39 is 0 Å². The second kappa shape index (κ2) is 6.95. The van der Waals surface area contributed by atoms with Gasteiger partial charge in [0.25, 0.3) is 0 Å². The minimum absolute atomic E-state index is 0.247. The number of aromatic hydroxyl groups is 1. The molecule has 0 heterocycles. The topological polar surface area (TPSA) is 38.7 Å². The molecule has 0 atom stereocenters. The predicted octanol–water partition coefficient (Wildman–Crippen LogP) is 4.70. The normalized spacial score (nSPS) is 17.3. The van der Waals surface area contributed by atoms with E-state index in [0.717, 1.165) is 31.2 Å². The molecular formula is C19H22O3. The zero-order valence-corrected chi connectivity index (χ0v) is 12.7. The fraction of sp³-hybridized carbons (Fsp3) is 0.368. The van der Waals surface area contributed by atoms with E-state index in [1.165, 1.54) is 12.0 Å². The van der Waals surface area contributed by atoms with Gasteiger partial charge in [-0.2, -0.15) is 0 Å². The van der Waals surface area contributed by atoms with Gasteiger partial charge < -0.3 is 5.11 Å². The molecule has 1 saturated carbocycles. The first-order chi connectivity index (χ1) is 10.8. The van der Waals surface area contributed by atoms with Crippen LogP contribution in [0.4, 0.5) is 0 Å². The number of hydrogen-bond donors (Lipinski definition) is 1. The summed E-state index contributed by atoms with van der Waals surface area (Å²) in [5.41, 5.74) is 1.75. The fourth-order valence-corrected chi connectivity index (χ4v) is 3.14. The van der Waals surface area contributed by atoms with Gasteiger partial charge in [0.05, 0.1) is 0 Å². The largest absolute Gasteiger partial charge is 0.508 e. The summed E-state index contributed by atoms with van der Waals surface area (Å²) in [5, 5.41) is 9.49. The molecule has 0 radical (unpaired) electrons. The van der Waals surface area contributed by atoms with E-state index in [1.807, 2.05) is 30.3 Å². The van der Waals surface area contributed by atoms with E-state index in [0.29, 0.717) is 6.61 Å². The Kier molecular flexibility index (Phi) is 4.76.